The largest absolute Gasteiger partial charge is 0.348 e. The fraction of sp³-hybridized carbons (Fsp3) is 0.429. The van der Waals surface area contributed by atoms with E-state index in [0.29, 0.717) is 0 Å². The molecule has 2 aromatic rings. The minimum absolute atomic E-state index is 0.0612. The molecule has 1 aromatic heterocycles. The average Bonchev–Trinajstić information content (AvgIpc) is 2.51. The van der Waals surface area contributed by atoms with Gasteiger partial charge >= 0.3 is 0 Å². The topological polar surface area (TPSA) is 17.0 Å². The molecule has 1 aromatic carbocycles. The summed E-state index contributed by atoms with van der Waals surface area (Å²) in [6.45, 7) is 6.54. The molecular weight excluding hydrogens is 232 g/mol. The maximum absolute atomic E-state index is 6.12. The second-order valence-corrected chi connectivity index (χ2v) is 5.49. The molecule has 0 saturated carbocycles. The van der Waals surface area contributed by atoms with Gasteiger partial charge in [0.25, 0.3) is 0 Å². The highest BCUT2D eigenvalue weighted by Crippen LogP contribution is 2.34. The molecule has 1 heterocycles. The molecule has 0 radical (unpaired) electrons. The van der Waals surface area contributed by atoms with Crippen molar-refractivity contribution in [2.24, 2.45) is 7.05 Å². The van der Waals surface area contributed by atoms with E-state index in [1.807, 2.05) is 13.1 Å². The monoisotopic (exact) mass is 250 g/mol. The molecule has 0 atom stereocenters. The first-order valence-electron chi connectivity index (χ1n) is 5.82. The number of hydrogen-bond acceptors (Lipinski definition) is 1. The number of nitrogens with zero attached hydrogens (tertiary/aromatic N) is 1. The quantitative estimate of drug-likeness (QED) is 0.862. The van der Waals surface area contributed by atoms with Gasteiger partial charge in [-0.2, -0.15) is 0 Å². The lowest BCUT2D eigenvalue weighted by molar-refractivity contribution is 0.444. The van der Waals surface area contributed by atoms with Crippen LogP contribution in [-0.4, -0.2) is 11.6 Å². The van der Waals surface area contributed by atoms with Crippen molar-refractivity contribution < 1.29 is 0 Å². The number of nitrogens with one attached hydrogen (secondary N) is 1. The van der Waals surface area contributed by atoms with Gasteiger partial charge in [0.05, 0.1) is 0 Å². The lowest BCUT2D eigenvalue weighted by Crippen LogP contribution is -2.33. The molecule has 0 amide bonds. The van der Waals surface area contributed by atoms with Crippen LogP contribution in [0.2, 0.25) is 5.02 Å². The van der Waals surface area contributed by atoms with Crippen LogP contribution in [0.1, 0.15) is 25.1 Å². The molecule has 0 aliphatic carbocycles. The molecule has 2 rings (SSSR count). The van der Waals surface area contributed by atoms with Crippen molar-refractivity contribution in [2.45, 2.75) is 26.3 Å². The molecule has 17 heavy (non-hydrogen) atoms. The van der Waals surface area contributed by atoms with Crippen LogP contribution in [0.4, 0.5) is 0 Å². The predicted molar refractivity (Wildman–Crippen MR) is 74.8 cm³/mol. The number of rotatable bonds is 2. The molecule has 2 nitrogen and oxygen atoms in total. The number of aromatic nitrogens is 1. The zero-order valence-electron chi connectivity index (χ0n) is 11.1. The predicted octanol–water partition coefficient (Wildman–Crippen LogP) is 3.59. The van der Waals surface area contributed by atoms with Crippen LogP contribution in [0.25, 0.3) is 10.9 Å². The van der Waals surface area contributed by atoms with Crippen LogP contribution in [0.15, 0.2) is 18.2 Å². The summed E-state index contributed by atoms with van der Waals surface area (Å²) in [6.07, 6.45) is 0. The summed E-state index contributed by atoms with van der Waals surface area (Å²) < 4.78 is 2.22. The lowest BCUT2D eigenvalue weighted by atomic mass is 9.92. The number of aryl methyl sites for hydroxylation is 1. The molecular formula is C14H19ClN2. The van der Waals surface area contributed by atoms with E-state index in [-0.39, 0.29) is 5.54 Å². The van der Waals surface area contributed by atoms with Crippen LogP contribution in [-0.2, 0) is 12.6 Å². The summed E-state index contributed by atoms with van der Waals surface area (Å²) in [5.41, 5.74) is 3.76. The second kappa shape index (κ2) is 4.04. The van der Waals surface area contributed by atoms with E-state index in [1.54, 1.807) is 0 Å². The van der Waals surface area contributed by atoms with Crippen molar-refractivity contribution in [3.8, 4) is 0 Å². The fourth-order valence-corrected chi connectivity index (χ4v) is 2.63. The third kappa shape index (κ3) is 1.85. The minimum atomic E-state index is -0.0612. The number of hydrogen-bond donors (Lipinski definition) is 1. The Bertz CT molecular complexity index is 567. The van der Waals surface area contributed by atoms with Crippen molar-refractivity contribution in [1.82, 2.24) is 9.88 Å². The van der Waals surface area contributed by atoms with E-state index in [4.69, 9.17) is 11.6 Å². The second-order valence-electron chi connectivity index (χ2n) is 5.06. The van der Waals surface area contributed by atoms with Gasteiger partial charge in [0.2, 0.25) is 0 Å². The Hall–Kier alpha value is -0.990. The lowest BCUT2D eigenvalue weighted by Gasteiger charge is -2.25. The molecule has 0 aliphatic rings. The molecule has 92 valence electrons. The molecule has 0 fully saturated rings. The first-order valence-corrected chi connectivity index (χ1v) is 6.20. The van der Waals surface area contributed by atoms with Crippen LogP contribution in [0.5, 0.6) is 0 Å². The van der Waals surface area contributed by atoms with Gasteiger partial charge in [0, 0.05) is 39.8 Å². The zero-order valence-corrected chi connectivity index (χ0v) is 11.8. The van der Waals surface area contributed by atoms with Crippen molar-refractivity contribution in [3.63, 3.8) is 0 Å². The smallest absolute Gasteiger partial charge is 0.0484 e. The molecule has 3 heteroatoms. The van der Waals surface area contributed by atoms with Gasteiger partial charge in [0.1, 0.15) is 0 Å². The first-order chi connectivity index (χ1) is 7.88. The minimum Gasteiger partial charge on any atom is -0.348 e. The van der Waals surface area contributed by atoms with E-state index < -0.39 is 0 Å². The average molecular weight is 251 g/mol. The van der Waals surface area contributed by atoms with Crippen molar-refractivity contribution in [3.05, 3.63) is 34.5 Å². The van der Waals surface area contributed by atoms with Crippen LogP contribution in [0, 0.1) is 6.92 Å². The molecule has 0 spiro atoms. The molecule has 0 aliphatic heterocycles. The Morgan fingerprint density at radius 2 is 1.94 bits per heavy atom. The highest BCUT2D eigenvalue weighted by molar-refractivity contribution is 6.31. The third-order valence-corrected chi connectivity index (χ3v) is 3.94. The molecule has 0 saturated heterocycles. The number of benzene rings is 1. The fourth-order valence-electron chi connectivity index (χ4n) is 2.46. The van der Waals surface area contributed by atoms with Crippen molar-refractivity contribution in [1.29, 1.82) is 0 Å². The van der Waals surface area contributed by atoms with Gasteiger partial charge in [-0.3, -0.25) is 0 Å². The first kappa shape index (κ1) is 12.5. The van der Waals surface area contributed by atoms with E-state index in [1.165, 1.54) is 22.2 Å². The Kier molecular flexibility index (Phi) is 2.96. The van der Waals surface area contributed by atoms with E-state index >= 15 is 0 Å². The van der Waals surface area contributed by atoms with Gasteiger partial charge < -0.3 is 9.88 Å². The van der Waals surface area contributed by atoms with Crippen molar-refractivity contribution in [2.75, 3.05) is 7.05 Å². The Morgan fingerprint density at radius 1 is 1.29 bits per heavy atom. The summed E-state index contributed by atoms with van der Waals surface area (Å²) in [5.74, 6) is 0. The number of fused-ring (bicyclic) bond motifs is 1. The maximum atomic E-state index is 6.12. The van der Waals surface area contributed by atoms with Gasteiger partial charge in [-0.05, 0) is 46.0 Å². The van der Waals surface area contributed by atoms with Crippen LogP contribution in [0.3, 0.4) is 0 Å². The van der Waals surface area contributed by atoms with Gasteiger partial charge in [-0.25, -0.2) is 0 Å². The standard InChI is InChI=1S/C14H19ClN2/c1-9-13(14(2,3)16-4)11-8-10(15)6-7-12(11)17(9)5/h6-8,16H,1-5H3. The summed E-state index contributed by atoms with van der Waals surface area (Å²) >= 11 is 6.12. The Balaban J connectivity index is 2.87. The maximum Gasteiger partial charge on any atom is 0.0484 e. The third-order valence-electron chi connectivity index (χ3n) is 3.70. The summed E-state index contributed by atoms with van der Waals surface area (Å²) in [4.78, 5) is 0. The summed E-state index contributed by atoms with van der Waals surface area (Å²) in [7, 11) is 4.09. The van der Waals surface area contributed by atoms with Crippen LogP contribution < -0.4 is 5.32 Å². The number of halogens is 1. The Labute approximate surface area is 108 Å². The van der Waals surface area contributed by atoms with E-state index in [0.717, 1.165) is 5.02 Å². The van der Waals surface area contributed by atoms with Gasteiger partial charge in [-0.1, -0.05) is 11.6 Å². The molecule has 1 N–H and O–H groups in total. The normalized spacial score (nSPS) is 12.4. The summed E-state index contributed by atoms with van der Waals surface area (Å²) in [5, 5.41) is 5.39. The van der Waals surface area contributed by atoms with Gasteiger partial charge in [0.15, 0.2) is 0 Å². The van der Waals surface area contributed by atoms with Crippen LogP contribution >= 0.6 is 11.6 Å². The van der Waals surface area contributed by atoms with E-state index in [2.05, 4.69) is 49.8 Å². The highest BCUT2D eigenvalue weighted by atomic mass is 35.5. The summed E-state index contributed by atoms with van der Waals surface area (Å²) in [6, 6.07) is 6.08. The van der Waals surface area contributed by atoms with Crippen molar-refractivity contribution >= 4 is 22.5 Å². The SMILES string of the molecule is CNC(C)(C)c1c(C)n(C)c2ccc(Cl)cc12. The Morgan fingerprint density at radius 3 is 2.53 bits per heavy atom. The zero-order chi connectivity index (χ0) is 12.8. The van der Waals surface area contributed by atoms with Gasteiger partial charge in [-0.15, -0.1) is 0 Å². The molecule has 0 unspecified atom stereocenters. The highest BCUT2D eigenvalue weighted by Gasteiger charge is 2.25. The molecule has 0 bridgehead atoms. The van der Waals surface area contributed by atoms with E-state index in [9.17, 15) is 0 Å².